The molecule has 1 aromatic rings. The van der Waals surface area contributed by atoms with Crippen LogP contribution in [-0.4, -0.2) is 29.2 Å². The third-order valence-electron chi connectivity index (χ3n) is 2.70. The fraction of sp³-hybridized carbons (Fsp3) is 0.333. The van der Waals surface area contributed by atoms with Crippen molar-refractivity contribution in [1.82, 2.24) is 0 Å². The Morgan fingerprint density at radius 3 is 2.39 bits per heavy atom. The van der Waals surface area contributed by atoms with Gasteiger partial charge in [0.05, 0.1) is 0 Å². The van der Waals surface area contributed by atoms with E-state index in [0.717, 1.165) is 0 Å². The van der Waals surface area contributed by atoms with Crippen LogP contribution in [0.3, 0.4) is 0 Å². The van der Waals surface area contributed by atoms with Gasteiger partial charge in [-0.3, -0.25) is 4.79 Å². The third-order valence-corrected chi connectivity index (χ3v) is 2.70. The van der Waals surface area contributed by atoms with Crippen molar-refractivity contribution in [2.75, 3.05) is 5.32 Å². The number of amides is 1. The summed E-state index contributed by atoms with van der Waals surface area (Å²) in [5, 5.41) is 11.3. The predicted octanol–water partition coefficient (Wildman–Crippen LogP) is 1.40. The van der Waals surface area contributed by atoms with Gasteiger partial charge in [0, 0.05) is 5.69 Å². The molecule has 1 heterocycles. The Morgan fingerprint density at radius 2 is 1.83 bits per heavy atom. The zero-order valence-corrected chi connectivity index (χ0v) is 9.43. The zero-order chi connectivity index (χ0) is 13.1. The SMILES string of the molecule is O=C(Nc1ccc(F)cc1)[C@@H]1CC[C@H](C(=O)O)O1. The lowest BCUT2D eigenvalue weighted by Crippen LogP contribution is -2.29. The molecular formula is C12H12FNO4. The summed E-state index contributed by atoms with van der Waals surface area (Å²) in [6, 6.07) is 5.31. The molecule has 1 aliphatic heterocycles. The van der Waals surface area contributed by atoms with E-state index in [1.54, 1.807) is 0 Å². The van der Waals surface area contributed by atoms with Crippen LogP contribution in [-0.2, 0) is 14.3 Å². The molecule has 2 atom stereocenters. The summed E-state index contributed by atoms with van der Waals surface area (Å²) in [4.78, 5) is 22.4. The van der Waals surface area contributed by atoms with E-state index in [-0.39, 0.29) is 0 Å². The topological polar surface area (TPSA) is 75.6 Å². The predicted molar refractivity (Wildman–Crippen MR) is 60.6 cm³/mol. The van der Waals surface area contributed by atoms with Gasteiger partial charge in [0.15, 0.2) is 6.10 Å². The van der Waals surface area contributed by atoms with Crippen molar-refractivity contribution >= 4 is 17.6 Å². The first kappa shape index (κ1) is 12.5. The number of carbonyl (C=O) groups excluding carboxylic acids is 1. The fourth-order valence-electron chi connectivity index (χ4n) is 1.77. The summed E-state index contributed by atoms with van der Waals surface area (Å²) >= 11 is 0. The van der Waals surface area contributed by atoms with Gasteiger partial charge in [-0.25, -0.2) is 9.18 Å². The maximum absolute atomic E-state index is 12.7. The van der Waals surface area contributed by atoms with Crippen LogP contribution in [0.25, 0.3) is 0 Å². The second-order valence-corrected chi connectivity index (χ2v) is 4.03. The van der Waals surface area contributed by atoms with Crippen LogP contribution in [0.4, 0.5) is 10.1 Å². The minimum atomic E-state index is -1.06. The highest BCUT2D eigenvalue weighted by atomic mass is 19.1. The van der Waals surface area contributed by atoms with Crippen molar-refractivity contribution in [3.05, 3.63) is 30.1 Å². The van der Waals surface area contributed by atoms with Crippen molar-refractivity contribution in [1.29, 1.82) is 0 Å². The normalized spacial score (nSPS) is 22.7. The van der Waals surface area contributed by atoms with Gasteiger partial charge in [0.25, 0.3) is 5.91 Å². The number of halogens is 1. The maximum atomic E-state index is 12.7. The smallest absolute Gasteiger partial charge is 0.332 e. The average Bonchev–Trinajstić information content (AvgIpc) is 2.81. The molecule has 18 heavy (non-hydrogen) atoms. The van der Waals surface area contributed by atoms with Crippen LogP contribution in [0.5, 0.6) is 0 Å². The van der Waals surface area contributed by atoms with Crippen molar-refractivity contribution in [3.63, 3.8) is 0 Å². The lowest BCUT2D eigenvalue weighted by atomic mass is 10.2. The monoisotopic (exact) mass is 253 g/mol. The van der Waals surface area contributed by atoms with Crippen molar-refractivity contribution in [2.45, 2.75) is 25.0 Å². The molecular weight excluding hydrogens is 241 g/mol. The minimum Gasteiger partial charge on any atom is -0.479 e. The van der Waals surface area contributed by atoms with E-state index < -0.39 is 29.9 Å². The van der Waals surface area contributed by atoms with Gasteiger partial charge in [-0.1, -0.05) is 0 Å². The lowest BCUT2D eigenvalue weighted by Gasteiger charge is -2.11. The number of benzene rings is 1. The Bertz CT molecular complexity index is 460. The first-order valence-electron chi connectivity index (χ1n) is 5.51. The van der Waals surface area contributed by atoms with Gasteiger partial charge in [-0.05, 0) is 37.1 Å². The molecule has 1 fully saturated rings. The van der Waals surface area contributed by atoms with Crippen LogP contribution in [0.2, 0.25) is 0 Å². The van der Waals surface area contributed by atoms with Gasteiger partial charge in [-0.2, -0.15) is 0 Å². The molecule has 0 aliphatic carbocycles. The molecule has 0 spiro atoms. The summed E-state index contributed by atoms with van der Waals surface area (Å²) in [5.41, 5.74) is 0.448. The second-order valence-electron chi connectivity index (χ2n) is 4.03. The van der Waals surface area contributed by atoms with E-state index in [0.29, 0.717) is 18.5 Å². The summed E-state index contributed by atoms with van der Waals surface area (Å²) < 4.78 is 17.8. The molecule has 96 valence electrons. The average molecular weight is 253 g/mol. The molecule has 2 rings (SSSR count). The Labute approximate surface area is 103 Å². The molecule has 0 saturated carbocycles. The number of carboxylic acid groups (broad SMARTS) is 1. The van der Waals surface area contributed by atoms with Gasteiger partial charge in [0.1, 0.15) is 11.9 Å². The van der Waals surface area contributed by atoms with Gasteiger partial charge in [-0.15, -0.1) is 0 Å². The van der Waals surface area contributed by atoms with Crippen molar-refractivity contribution in [2.24, 2.45) is 0 Å². The molecule has 6 heteroatoms. The molecule has 2 N–H and O–H groups in total. The molecule has 5 nitrogen and oxygen atoms in total. The molecule has 1 saturated heterocycles. The first-order valence-corrected chi connectivity index (χ1v) is 5.51. The number of ether oxygens (including phenoxy) is 1. The summed E-state index contributed by atoms with van der Waals surface area (Å²) in [7, 11) is 0. The lowest BCUT2D eigenvalue weighted by molar-refractivity contribution is -0.150. The van der Waals surface area contributed by atoms with E-state index in [4.69, 9.17) is 9.84 Å². The molecule has 1 amide bonds. The number of carbonyl (C=O) groups is 2. The summed E-state index contributed by atoms with van der Waals surface area (Å²) in [5.74, 6) is -1.87. The van der Waals surface area contributed by atoms with Crippen LogP contribution in [0, 0.1) is 5.82 Å². The van der Waals surface area contributed by atoms with E-state index >= 15 is 0 Å². The first-order chi connectivity index (χ1) is 8.56. The molecule has 1 aliphatic rings. The molecule has 1 aromatic carbocycles. The van der Waals surface area contributed by atoms with Gasteiger partial charge < -0.3 is 15.2 Å². The number of hydrogen-bond donors (Lipinski definition) is 2. The summed E-state index contributed by atoms with van der Waals surface area (Å²) in [6.07, 6.45) is -1.01. The Balaban J connectivity index is 1.93. The highest BCUT2D eigenvalue weighted by Crippen LogP contribution is 2.21. The van der Waals surface area contributed by atoms with Crippen LogP contribution < -0.4 is 5.32 Å². The fourth-order valence-corrected chi connectivity index (χ4v) is 1.77. The van der Waals surface area contributed by atoms with Gasteiger partial charge in [0.2, 0.25) is 0 Å². The molecule has 0 bridgehead atoms. The van der Waals surface area contributed by atoms with E-state index in [1.807, 2.05) is 0 Å². The highest BCUT2D eigenvalue weighted by Gasteiger charge is 2.34. The van der Waals surface area contributed by atoms with Crippen molar-refractivity contribution in [3.8, 4) is 0 Å². The highest BCUT2D eigenvalue weighted by molar-refractivity contribution is 5.94. The van der Waals surface area contributed by atoms with E-state index in [2.05, 4.69) is 5.32 Å². The summed E-state index contributed by atoms with van der Waals surface area (Å²) in [6.45, 7) is 0. The number of carboxylic acids is 1. The number of nitrogens with one attached hydrogen (secondary N) is 1. The number of hydrogen-bond acceptors (Lipinski definition) is 3. The van der Waals surface area contributed by atoms with Gasteiger partial charge >= 0.3 is 5.97 Å². The third kappa shape index (κ3) is 2.84. The van der Waals surface area contributed by atoms with E-state index in [1.165, 1.54) is 24.3 Å². The number of rotatable bonds is 3. The maximum Gasteiger partial charge on any atom is 0.332 e. The van der Waals surface area contributed by atoms with Crippen LogP contribution in [0.15, 0.2) is 24.3 Å². The standard InChI is InChI=1S/C12H12FNO4/c13-7-1-3-8(4-2-7)14-11(15)9-5-6-10(18-9)12(16)17/h1-4,9-10H,5-6H2,(H,14,15)(H,16,17)/t9-,10+/m0/s1. The molecule has 0 aromatic heterocycles. The quantitative estimate of drug-likeness (QED) is 0.853. The van der Waals surface area contributed by atoms with E-state index in [9.17, 15) is 14.0 Å². The molecule has 0 radical (unpaired) electrons. The second kappa shape index (κ2) is 5.14. The number of aliphatic carboxylic acids is 1. The number of anilines is 1. The Kier molecular flexibility index (Phi) is 3.57. The Morgan fingerprint density at radius 1 is 1.22 bits per heavy atom. The zero-order valence-electron chi connectivity index (χ0n) is 9.43. The molecule has 0 unspecified atom stereocenters. The largest absolute Gasteiger partial charge is 0.479 e. The van der Waals surface area contributed by atoms with Crippen molar-refractivity contribution < 1.29 is 23.8 Å². The van der Waals surface area contributed by atoms with Crippen LogP contribution in [0.1, 0.15) is 12.8 Å². The Hall–Kier alpha value is -1.95. The van der Waals surface area contributed by atoms with Crippen LogP contribution >= 0.6 is 0 Å². The minimum absolute atomic E-state index is 0.316.